The zero-order valence-electron chi connectivity index (χ0n) is 25.6. The first-order chi connectivity index (χ1) is 18.1. The lowest BCUT2D eigenvalue weighted by atomic mass is 10.0. The number of carboxylic acids is 1. The summed E-state index contributed by atoms with van der Waals surface area (Å²) in [5.74, 6) is -0.689. The molecule has 0 aromatic carbocycles. The van der Waals surface area contributed by atoms with Gasteiger partial charge in [-0.05, 0) is 32.1 Å². The predicted molar refractivity (Wildman–Crippen MR) is 164 cm³/mol. The number of carbonyl (C=O) groups is 1. The highest BCUT2D eigenvalue weighted by Gasteiger charge is 2.01. The van der Waals surface area contributed by atoms with E-state index in [0.717, 1.165) is 51.4 Å². The number of aliphatic carboxylic acids is 1. The van der Waals surface area contributed by atoms with Crippen LogP contribution in [-0.2, 0) is 4.79 Å². The Morgan fingerprint density at radius 3 is 1.35 bits per heavy atom. The average Bonchev–Trinajstić information content (AvgIpc) is 2.88. The number of rotatable bonds is 28. The molecule has 0 aromatic heterocycles. The monoisotopic (exact) mass is 525 g/mol. The number of aliphatic hydroxyl groups excluding tert-OH is 1. The third kappa shape index (κ3) is 39.8. The van der Waals surface area contributed by atoms with Gasteiger partial charge >= 0.3 is 5.97 Å². The van der Waals surface area contributed by atoms with E-state index < -0.39 is 5.97 Å². The lowest BCUT2D eigenvalue weighted by Crippen LogP contribution is -2.04. The number of aliphatic hydroxyl groups is 1. The molecule has 0 rings (SSSR count). The Balaban J connectivity index is 0. The van der Waals surface area contributed by atoms with Crippen molar-refractivity contribution in [3.05, 3.63) is 12.2 Å². The van der Waals surface area contributed by atoms with E-state index >= 15 is 0 Å². The molecule has 3 heteroatoms. The fourth-order valence-corrected chi connectivity index (χ4v) is 4.63. The smallest absolute Gasteiger partial charge is 0.303 e. The number of allylic oxidation sites excluding steroid dienone is 1. The molecule has 0 amide bonds. The molecule has 0 aromatic rings. The summed E-state index contributed by atoms with van der Waals surface area (Å²) in [7, 11) is 0. The van der Waals surface area contributed by atoms with Crippen molar-refractivity contribution in [2.45, 2.75) is 200 Å². The molecule has 0 bridgehead atoms. The van der Waals surface area contributed by atoms with E-state index in [4.69, 9.17) is 5.11 Å². The molecule has 1 atom stereocenters. The van der Waals surface area contributed by atoms with Gasteiger partial charge in [-0.2, -0.15) is 0 Å². The molecule has 0 saturated carbocycles. The molecule has 0 aliphatic rings. The molecule has 0 spiro atoms. The quantitative estimate of drug-likeness (QED) is 0.0790. The van der Waals surface area contributed by atoms with Crippen molar-refractivity contribution in [3.8, 4) is 0 Å². The van der Waals surface area contributed by atoms with Crippen molar-refractivity contribution in [2.24, 2.45) is 0 Å². The third-order valence-electron chi connectivity index (χ3n) is 7.18. The Bertz CT molecular complexity index is 432. The van der Waals surface area contributed by atoms with Crippen molar-refractivity contribution >= 4 is 5.97 Å². The summed E-state index contributed by atoms with van der Waals surface area (Å²) in [6.45, 7) is 6.78. The molecule has 2 N–H and O–H groups in total. The third-order valence-corrected chi connectivity index (χ3v) is 7.18. The topological polar surface area (TPSA) is 57.5 Å². The second-order valence-electron chi connectivity index (χ2n) is 11.2. The summed E-state index contributed by atoms with van der Waals surface area (Å²) in [6.07, 6.45) is 37.8. The number of hydrogen-bond acceptors (Lipinski definition) is 2. The average molecular weight is 525 g/mol. The van der Waals surface area contributed by atoms with Crippen LogP contribution in [0.1, 0.15) is 194 Å². The maximum atomic E-state index is 10.3. The molecule has 0 aliphatic carbocycles. The van der Waals surface area contributed by atoms with Crippen LogP contribution < -0.4 is 0 Å². The summed E-state index contributed by atoms with van der Waals surface area (Å²) in [6, 6.07) is 0. The molecule has 37 heavy (non-hydrogen) atoms. The fourth-order valence-electron chi connectivity index (χ4n) is 4.63. The van der Waals surface area contributed by atoms with Gasteiger partial charge in [-0.25, -0.2) is 0 Å². The van der Waals surface area contributed by atoms with Crippen molar-refractivity contribution in [2.75, 3.05) is 0 Å². The molecule has 0 radical (unpaired) electrons. The zero-order chi connectivity index (χ0) is 27.7. The Kier molecular flexibility index (Phi) is 36.4. The Labute approximate surface area is 233 Å². The highest BCUT2D eigenvalue weighted by atomic mass is 16.4. The van der Waals surface area contributed by atoms with Crippen molar-refractivity contribution in [1.82, 2.24) is 0 Å². The van der Waals surface area contributed by atoms with E-state index in [1.54, 1.807) is 0 Å². The highest BCUT2D eigenvalue weighted by molar-refractivity contribution is 5.66. The lowest BCUT2D eigenvalue weighted by molar-refractivity contribution is -0.137. The predicted octanol–water partition coefficient (Wildman–Crippen LogP) is 11.6. The Hall–Kier alpha value is -0.830. The van der Waals surface area contributed by atoms with E-state index in [0.29, 0.717) is 6.42 Å². The van der Waals surface area contributed by atoms with Crippen LogP contribution in [0.4, 0.5) is 0 Å². The Morgan fingerprint density at radius 2 is 0.919 bits per heavy atom. The van der Waals surface area contributed by atoms with Gasteiger partial charge in [0.2, 0.25) is 0 Å². The summed E-state index contributed by atoms with van der Waals surface area (Å²) in [5, 5.41) is 18.3. The molecular weight excluding hydrogens is 456 g/mol. The van der Waals surface area contributed by atoms with Crippen molar-refractivity contribution in [3.63, 3.8) is 0 Å². The van der Waals surface area contributed by atoms with Crippen LogP contribution in [0.15, 0.2) is 12.2 Å². The first-order valence-corrected chi connectivity index (χ1v) is 16.6. The van der Waals surface area contributed by atoms with Crippen LogP contribution in [0.3, 0.4) is 0 Å². The standard InChI is InChI=1S/C18H34O3.C16H34/c1-2-3-4-11-14-17(19)15-12-9-7-5-6-8-10-13-16-18(20)21;1-3-5-7-9-11-13-15-16-14-12-10-8-6-4-2/h9,12,17,19H,2-8,10-11,13-16H2,1H3,(H,20,21);3-16H2,1-2H3/b12-9-;. The van der Waals surface area contributed by atoms with Crippen LogP contribution in [-0.4, -0.2) is 22.3 Å². The highest BCUT2D eigenvalue weighted by Crippen LogP contribution is 2.13. The van der Waals surface area contributed by atoms with Gasteiger partial charge in [-0.3, -0.25) is 4.79 Å². The Morgan fingerprint density at radius 1 is 0.541 bits per heavy atom. The maximum Gasteiger partial charge on any atom is 0.303 e. The summed E-state index contributed by atoms with van der Waals surface area (Å²) < 4.78 is 0. The lowest BCUT2D eigenvalue weighted by Gasteiger charge is -2.07. The molecule has 3 nitrogen and oxygen atoms in total. The normalized spacial score (nSPS) is 12.0. The van der Waals surface area contributed by atoms with Crippen LogP contribution >= 0.6 is 0 Å². The molecule has 0 aliphatic heterocycles. The molecule has 222 valence electrons. The SMILES string of the molecule is CCCCCCC(O)C/C=C\CCCCCCCC(=O)O.CCCCCCCCCCCCCCCC. The van der Waals surface area contributed by atoms with E-state index in [1.165, 1.54) is 116 Å². The first-order valence-electron chi connectivity index (χ1n) is 16.6. The van der Waals surface area contributed by atoms with E-state index in [2.05, 4.69) is 32.9 Å². The molecule has 0 heterocycles. The van der Waals surface area contributed by atoms with Crippen LogP contribution in [0, 0.1) is 0 Å². The summed E-state index contributed by atoms with van der Waals surface area (Å²) in [5.41, 5.74) is 0. The molecular formula is C34H68O3. The van der Waals surface area contributed by atoms with Gasteiger partial charge in [-0.15, -0.1) is 0 Å². The van der Waals surface area contributed by atoms with Gasteiger partial charge in [0.25, 0.3) is 0 Å². The van der Waals surface area contributed by atoms with E-state index in [9.17, 15) is 9.90 Å². The second-order valence-corrected chi connectivity index (χ2v) is 11.2. The minimum atomic E-state index is -0.689. The van der Waals surface area contributed by atoms with Crippen LogP contribution in [0.25, 0.3) is 0 Å². The minimum Gasteiger partial charge on any atom is -0.481 e. The van der Waals surface area contributed by atoms with Gasteiger partial charge in [-0.1, -0.05) is 168 Å². The van der Waals surface area contributed by atoms with Crippen molar-refractivity contribution in [1.29, 1.82) is 0 Å². The van der Waals surface area contributed by atoms with Gasteiger partial charge in [0.15, 0.2) is 0 Å². The molecule has 0 fully saturated rings. The van der Waals surface area contributed by atoms with Gasteiger partial charge in [0, 0.05) is 6.42 Å². The number of hydrogen-bond donors (Lipinski definition) is 2. The largest absolute Gasteiger partial charge is 0.481 e. The summed E-state index contributed by atoms with van der Waals surface area (Å²) >= 11 is 0. The summed E-state index contributed by atoms with van der Waals surface area (Å²) in [4.78, 5) is 10.3. The second kappa shape index (κ2) is 35.2. The van der Waals surface area contributed by atoms with Crippen LogP contribution in [0.5, 0.6) is 0 Å². The first kappa shape index (κ1) is 38.3. The van der Waals surface area contributed by atoms with Gasteiger partial charge in [0.05, 0.1) is 6.10 Å². The molecule has 0 saturated heterocycles. The number of carboxylic acid groups (broad SMARTS) is 1. The van der Waals surface area contributed by atoms with Gasteiger partial charge < -0.3 is 10.2 Å². The fraction of sp³-hybridized carbons (Fsp3) is 0.912. The van der Waals surface area contributed by atoms with Gasteiger partial charge in [0.1, 0.15) is 0 Å². The molecule has 1 unspecified atom stereocenters. The van der Waals surface area contributed by atoms with E-state index in [1.807, 2.05) is 0 Å². The number of unbranched alkanes of at least 4 members (excludes halogenated alkanes) is 21. The van der Waals surface area contributed by atoms with Crippen molar-refractivity contribution < 1.29 is 15.0 Å². The zero-order valence-corrected chi connectivity index (χ0v) is 25.6. The van der Waals surface area contributed by atoms with E-state index in [-0.39, 0.29) is 6.10 Å². The maximum absolute atomic E-state index is 10.3. The minimum absolute atomic E-state index is 0.172. The van der Waals surface area contributed by atoms with Crippen LogP contribution in [0.2, 0.25) is 0 Å².